The van der Waals surface area contributed by atoms with Crippen LogP contribution in [0.5, 0.6) is 0 Å². The molecule has 0 aliphatic carbocycles. The van der Waals surface area contributed by atoms with Gasteiger partial charge >= 0.3 is 6.18 Å². The van der Waals surface area contributed by atoms with E-state index < -0.39 is 11.7 Å². The first kappa shape index (κ1) is 17.8. The Morgan fingerprint density at radius 1 is 1.22 bits per heavy atom. The summed E-state index contributed by atoms with van der Waals surface area (Å²) in [5.41, 5.74) is -0.613. The summed E-state index contributed by atoms with van der Waals surface area (Å²) in [5.74, 6) is 0.162. The Labute approximate surface area is 159 Å². The molecule has 1 atom stereocenters. The summed E-state index contributed by atoms with van der Waals surface area (Å²) in [5, 5.41) is 3.88. The minimum absolute atomic E-state index is 0.0804. The van der Waals surface area contributed by atoms with Crippen molar-refractivity contribution in [2.24, 2.45) is 0 Å². The number of carbonyl (C=O) groups excluding carboxylic acids is 1. The van der Waals surface area contributed by atoms with Crippen LogP contribution >= 0.6 is 15.9 Å². The van der Waals surface area contributed by atoms with Crippen molar-refractivity contribution in [3.63, 3.8) is 0 Å². The molecular formula is C17H11BrF3N3O3. The first-order valence-corrected chi connectivity index (χ1v) is 8.67. The molecule has 1 aromatic carbocycles. The number of hydrogen-bond donors (Lipinski definition) is 0. The average molecular weight is 442 g/mol. The molecule has 0 saturated carbocycles. The molecular weight excluding hydrogens is 431 g/mol. The van der Waals surface area contributed by atoms with Gasteiger partial charge in [-0.05, 0) is 46.3 Å². The van der Waals surface area contributed by atoms with Crippen LogP contribution in [0.3, 0.4) is 0 Å². The first-order valence-electron chi connectivity index (χ1n) is 7.88. The maximum Gasteiger partial charge on any atom is 0.416 e. The third-order valence-corrected chi connectivity index (χ3v) is 4.63. The summed E-state index contributed by atoms with van der Waals surface area (Å²) in [4.78, 5) is 17.9. The number of carbonyl (C=O) groups is 1. The van der Waals surface area contributed by atoms with Gasteiger partial charge in [-0.25, -0.2) is 0 Å². The van der Waals surface area contributed by atoms with Gasteiger partial charge in [0.05, 0.1) is 5.56 Å². The molecule has 1 amide bonds. The highest BCUT2D eigenvalue weighted by molar-refractivity contribution is 9.10. The standard InChI is InChI=1S/C17H11BrF3N3O3/c18-13-5-4-12(26-13)16-22-15(23-27-16)9-6-14(25)24(8-9)11-3-1-2-10(7-11)17(19,20)21/h1-5,7,9H,6,8H2. The van der Waals surface area contributed by atoms with E-state index in [9.17, 15) is 18.0 Å². The molecule has 2 aromatic heterocycles. The van der Waals surface area contributed by atoms with E-state index >= 15 is 0 Å². The monoisotopic (exact) mass is 441 g/mol. The third kappa shape index (κ3) is 3.48. The molecule has 140 valence electrons. The largest absolute Gasteiger partial charge is 0.444 e. The van der Waals surface area contributed by atoms with Gasteiger partial charge in [0.1, 0.15) is 0 Å². The Morgan fingerprint density at radius 3 is 2.74 bits per heavy atom. The number of amides is 1. The zero-order valence-electron chi connectivity index (χ0n) is 13.5. The normalized spacial score (nSPS) is 17.7. The van der Waals surface area contributed by atoms with Crippen LogP contribution < -0.4 is 4.90 Å². The van der Waals surface area contributed by atoms with Crippen molar-refractivity contribution in [1.29, 1.82) is 0 Å². The van der Waals surface area contributed by atoms with Crippen LogP contribution in [0.15, 0.2) is 50.0 Å². The summed E-state index contributed by atoms with van der Waals surface area (Å²) >= 11 is 3.18. The van der Waals surface area contributed by atoms with Crippen LogP contribution in [0.25, 0.3) is 11.7 Å². The molecule has 3 aromatic rings. The minimum Gasteiger partial charge on any atom is -0.444 e. The van der Waals surface area contributed by atoms with Gasteiger partial charge in [0.15, 0.2) is 16.3 Å². The molecule has 0 N–H and O–H groups in total. The number of furan rings is 1. The van der Waals surface area contributed by atoms with Crippen molar-refractivity contribution in [3.8, 4) is 11.7 Å². The van der Waals surface area contributed by atoms with Gasteiger partial charge in [-0.2, -0.15) is 18.2 Å². The molecule has 1 saturated heterocycles. The Morgan fingerprint density at radius 2 is 2.04 bits per heavy atom. The quantitative estimate of drug-likeness (QED) is 0.592. The lowest BCUT2D eigenvalue weighted by molar-refractivity contribution is -0.137. The summed E-state index contributed by atoms with van der Waals surface area (Å²) in [6.45, 7) is 0.168. The number of rotatable bonds is 3. The molecule has 0 bridgehead atoms. The van der Waals surface area contributed by atoms with Crippen molar-refractivity contribution >= 4 is 27.5 Å². The van der Waals surface area contributed by atoms with E-state index in [4.69, 9.17) is 8.94 Å². The SMILES string of the molecule is O=C1CC(c2noc(-c3ccc(Br)o3)n2)CN1c1cccc(C(F)(F)F)c1. The maximum atomic E-state index is 12.9. The van der Waals surface area contributed by atoms with Crippen molar-refractivity contribution in [3.05, 3.63) is 52.5 Å². The van der Waals surface area contributed by atoms with Crippen LogP contribution in [-0.2, 0) is 11.0 Å². The highest BCUT2D eigenvalue weighted by Crippen LogP contribution is 2.35. The smallest absolute Gasteiger partial charge is 0.416 e. The number of benzene rings is 1. The summed E-state index contributed by atoms with van der Waals surface area (Å²) in [6.07, 6.45) is -4.39. The van der Waals surface area contributed by atoms with E-state index in [1.807, 2.05) is 0 Å². The number of aromatic nitrogens is 2. The fourth-order valence-corrected chi connectivity index (χ4v) is 3.22. The fraction of sp³-hybridized carbons (Fsp3) is 0.235. The van der Waals surface area contributed by atoms with E-state index in [0.717, 1.165) is 12.1 Å². The maximum absolute atomic E-state index is 12.9. The molecule has 0 spiro atoms. The molecule has 1 fully saturated rings. The van der Waals surface area contributed by atoms with Crippen molar-refractivity contribution in [2.75, 3.05) is 11.4 Å². The van der Waals surface area contributed by atoms with Gasteiger partial charge in [-0.15, -0.1) is 0 Å². The van der Waals surface area contributed by atoms with Crippen LogP contribution in [0.4, 0.5) is 18.9 Å². The number of hydrogen-bond acceptors (Lipinski definition) is 5. The lowest BCUT2D eigenvalue weighted by Crippen LogP contribution is -2.24. The Hall–Kier alpha value is -2.62. The molecule has 27 heavy (non-hydrogen) atoms. The molecule has 1 aliphatic heterocycles. The highest BCUT2D eigenvalue weighted by atomic mass is 79.9. The van der Waals surface area contributed by atoms with Crippen molar-refractivity contribution in [1.82, 2.24) is 10.1 Å². The van der Waals surface area contributed by atoms with Crippen LogP contribution in [0, 0.1) is 0 Å². The first-order chi connectivity index (χ1) is 12.8. The number of alkyl halides is 3. The lowest BCUT2D eigenvalue weighted by Gasteiger charge is -2.18. The zero-order chi connectivity index (χ0) is 19.2. The predicted octanol–water partition coefficient (Wildman–Crippen LogP) is 4.63. The molecule has 1 unspecified atom stereocenters. The second-order valence-electron chi connectivity index (χ2n) is 6.01. The van der Waals surface area contributed by atoms with Crippen LogP contribution in [-0.4, -0.2) is 22.6 Å². The van der Waals surface area contributed by atoms with Gasteiger partial charge in [-0.1, -0.05) is 11.2 Å². The van der Waals surface area contributed by atoms with Crippen molar-refractivity contribution in [2.45, 2.75) is 18.5 Å². The second kappa shape index (κ2) is 6.52. The van der Waals surface area contributed by atoms with Crippen LogP contribution in [0.1, 0.15) is 23.7 Å². The van der Waals surface area contributed by atoms with Gasteiger partial charge in [0.25, 0.3) is 5.89 Å². The zero-order valence-corrected chi connectivity index (χ0v) is 15.1. The van der Waals surface area contributed by atoms with Gasteiger partial charge in [0, 0.05) is 24.6 Å². The van der Waals surface area contributed by atoms with E-state index in [0.29, 0.717) is 16.3 Å². The summed E-state index contributed by atoms with van der Waals surface area (Å²) in [7, 11) is 0. The topological polar surface area (TPSA) is 72.4 Å². The highest BCUT2D eigenvalue weighted by Gasteiger charge is 2.36. The lowest BCUT2D eigenvalue weighted by atomic mass is 10.1. The number of halogens is 4. The number of nitrogens with zero attached hydrogens (tertiary/aromatic N) is 3. The Balaban J connectivity index is 1.56. The number of anilines is 1. The molecule has 0 radical (unpaired) electrons. The second-order valence-corrected chi connectivity index (χ2v) is 6.80. The molecule has 6 nitrogen and oxygen atoms in total. The molecule has 4 rings (SSSR count). The van der Waals surface area contributed by atoms with Crippen molar-refractivity contribution < 1.29 is 26.9 Å². The summed E-state index contributed by atoms with van der Waals surface area (Å²) < 4.78 is 49.7. The van der Waals surface area contributed by atoms with E-state index in [1.54, 1.807) is 12.1 Å². The van der Waals surface area contributed by atoms with Crippen LogP contribution in [0.2, 0.25) is 0 Å². The van der Waals surface area contributed by atoms with E-state index in [-0.39, 0.29) is 36.4 Å². The predicted molar refractivity (Wildman–Crippen MR) is 90.9 cm³/mol. The van der Waals surface area contributed by atoms with Gasteiger partial charge in [-0.3, -0.25) is 4.79 Å². The Bertz CT molecular complexity index is 998. The average Bonchev–Trinajstić information content (AvgIpc) is 3.33. The van der Waals surface area contributed by atoms with Gasteiger partial charge in [0.2, 0.25) is 5.91 Å². The van der Waals surface area contributed by atoms with Gasteiger partial charge < -0.3 is 13.8 Å². The molecule has 3 heterocycles. The fourth-order valence-electron chi connectivity index (χ4n) is 2.91. The minimum atomic E-state index is -4.47. The Kier molecular flexibility index (Phi) is 4.29. The third-order valence-electron chi connectivity index (χ3n) is 4.20. The van der Waals surface area contributed by atoms with E-state index in [2.05, 4.69) is 26.1 Å². The molecule has 10 heteroatoms. The van der Waals surface area contributed by atoms with E-state index in [1.165, 1.54) is 17.0 Å². The molecule has 1 aliphatic rings. The summed E-state index contributed by atoms with van der Waals surface area (Å²) in [6, 6.07) is 8.00.